The van der Waals surface area contributed by atoms with E-state index in [-0.39, 0.29) is 5.91 Å². The number of amides is 1. The minimum absolute atomic E-state index is 0.214. The molecule has 0 fully saturated rings. The van der Waals surface area contributed by atoms with Crippen LogP contribution in [0, 0.1) is 0 Å². The van der Waals surface area contributed by atoms with Crippen molar-refractivity contribution in [1.29, 1.82) is 0 Å². The number of nitrogens with zero attached hydrogens (tertiary/aromatic N) is 5. The molecule has 0 saturated heterocycles. The van der Waals surface area contributed by atoms with Gasteiger partial charge in [0.15, 0.2) is 5.69 Å². The monoisotopic (exact) mass is 372 g/mol. The highest BCUT2D eigenvalue weighted by atomic mass is 16.1. The average Bonchev–Trinajstić information content (AvgIpc) is 3.36. The Morgan fingerprint density at radius 3 is 2.43 bits per heavy atom. The SMILES string of the molecule is Cn1cnnc1CCNC(=O)c1cc(-c2ccccc2)n(-c2ccccc2)n1. The van der Waals surface area contributed by atoms with E-state index in [1.54, 1.807) is 11.0 Å². The first-order valence-electron chi connectivity index (χ1n) is 9.04. The van der Waals surface area contributed by atoms with Gasteiger partial charge in [-0.2, -0.15) is 5.10 Å². The first kappa shape index (κ1) is 17.7. The molecule has 1 amide bonds. The van der Waals surface area contributed by atoms with Crippen LogP contribution in [-0.4, -0.2) is 37.0 Å². The van der Waals surface area contributed by atoms with Crippen molar-refractivity contribution in [2.45, 2.75) is 6.42 Å². The molecule has 0 aliphatic rings. The third kappa shape index (κ3) is 3.68. The number of hydrogen-bond donors (Lipinski definition) is 1. The molecule has 140 valence electrons. The molecule has 0 atom stereocenters. The lowest BCUT2D eigenvalue weighted by atomic mass is 10.1. The Hall–Kier alpha value is -3.74. The molecule has 28 heavy (non-hydrogen) atoms. The Balaban J connectivity index is 1.58. The number of aryl methyl sites for hydroxylation is 1. The van der Waals surface area contributed by atoms with E-state index in [1.807, 2.05) is 78.3 Å². The molecule has 0 unspecified atom stereocenters. The zero-order chi connectivity index (χ0) is 19.3. The van der Waals surface area contributed by atoms with E-state index >= 15 is 0 Å². The predicted molar refractivity (Wildman–Crippen MR) is 106 cm³/mol. The zero-order valence-corrected chi connectivity index (χ0v) is 15.5. The third-order valence-electron chi connectivity index (χ3n) is 4.45. The number of aromatic nitrogens is 5. The summed E-state index contributed by atoms with van der Waals surface area (Å²) in [5, 5.41) is 15.3. The van der Waals surface area contributed by atoms with Crippen LogP contribution in [0.25, 0.3) is 16.9 Å². The van der Waals surface area contributed by atoms with Crippen LogP contribution in [0.2, 0.25) is 0 Å². The van der Waals surface area contributed by atoms with Gasteiger partial charge < -0.3 is 9.88 Å². The number of hydrogen-bond acceptors (Lipinski definition) is 4. The van der Waals surface area contributed by atoms with Gasteiger partial charge in [-0.15, -0.1) is 10.2 Å². The van der Waals surface area contributed by atoms with Crippen LogP contribution in [0.3, 0.4) is 0 Å². The third-order valence-corrected chi connectivity index (χ3v) is 4.45. The summed E-state index contributed by atoms with van der Waals surface area (Å²) in [5.74, 6) is 0.606. The second-order valence-electron chi connectivity index (χ2n) is 6.39. The first-order chi connectivity index (χ1) is 13.7. The lowest BCUT2D eigenvalue weighted by Crippen LogP contribution is -2.26. The molecule has 7 nitrogen and oxygen atoms in total. The molecule has 0 bridgehead atoms. The molecule has 4 rings (SSSR count). The average molecular weight is 372 g/mol. The van der Waals surface area contributed by atoms with E-state index in [4.69, 9.17) is 0 Å². The Morgan fingerprint density at radius 2 is 1.75 bits per heavy atom. The molecule has 4 aromatic rings. The van der Waals surface area contributed by atoms with Gasteiger partial charge in [0.05, 0.1) is 11.4 Å². The lowest BCUT2D eigenvalue weighted by Gasteiger charge is -2.07. The van der Waals surface area contributed by atoms with Crippen molar-refractivity contribution in [2.24, 2.45) is 7.05 Å². The van der Waals surface area contributed by atoms with E-state index in [0.29, 0.717) is 18.7 Å². The standard InChI is InChI=1S/C21H20N6O/c1-26-15-23-24-20(26)12-13-22-21(28)18-14-19(16-8-4-2-5-9-16)27(25-18)17-10-6-3-7-11-17/h2-11,14-15H,12-13H2,1H3,(H,22,28). The van der Waals surface area contributed by atoms with Crippen LogP contribution in [0.5, 0.6) is 0 Å². The molecular weight excluding hydrogens is 352 g/mol. The highest BCUT2D eigenvalue weighted by Gasteiger charge is 2.16. The number of carbonyl (C=O) groups is 1. The van der Waals surface area contributed by atoms with Crippen molar-refractivity contribution in [1.82, 2.24) is 29.9 Å². The molecular formula is C21H20N6O. The minimum atomic E-state index is -0.214. The number of carbonyl (C=O) groups excluding carboxylic acids is 1. The van der Waals surface area contributed by atoms with E-state index in [1.165, 1.54) is 0 Å². The number of para-hydroxylation sites is 1. The Kier molecular flexibility index (Phi) is 4.97. The number of nitrogens with one attached hydrogen (secondary N) is 1. The van der Waals surface area contributed by atoms with E-state index in [0.717, 1.165) is 22.8 Å². The maximum Gasteiger partial charge on any atom is 0.271 e. The van der Waals surface area contributed by atoms with Gasteiger partial charge in [0.25, 0.3) is 5.91 Å². The fourth-order valence-electron chi connectivity index (χ4n) is 2.98. The minimum Gasteiger partial charge on any atom is -0.350 e. The molecule has 0 spiro atoms. The van der Waals surface area contributed by atoms with Crippen molar-refractivity contribution in [2.75, 3.05) is 6.54 Å². The van der Waals surface area contributed by atoms with Gasteiger partial charge in [-0.25, -0.2) is 4.68 Å². The summed E-state index contributed by atoms with van der Waals surface area (Å²) in [5.41, 5.74) is 3.14. The maximum absolute atomic E-state index is 12.7. The Labute approximate surface area is 162 Å². The van der Waals surface area contributed by atoms with Gasteiger partial charge in [0.2, 0.25) is 0 Å². The van der Waals surface area contributed by atoms with Crippen molar-refractivity contribution >= 4 is 5.91 Å². The molecule has 2 aromatic carbocycles. The fraction of sp³-hybridized carbons (Fsp3) is 0.143. The summed E-state index contributed by atoms with van der Waals surface area (Å²) in [7, 11) is 1.88. The van der Waals surface area contributed by atoms with Crippen molar-refractivity contribution in [3.8, 4) is 16.9 Å². The summed E-state index contributed by atoms with van der Waals surface area (Å²) in [6.07, 6.45) is 2.25. The molecule has 7 heteroatoms. The van der Waals surface area contributed by atoms with Gasteiger partial charge in [-0.05, 0) is 18.2 Å². The van der Waals surface area contributed by atoms with Gasteiger partial charge in [-0.3, -0.25) is 4.79 Å². The largest absolute Gasteiger partial charge is 0.350 e. The zero-order valence-electron chi connectivity index (χ0n) is 15.5. The lowest BCUT2D eigenvalue weighted by molar-refractivity contribution is 0.0948. The van der Waals surface area contributed by atoms with Gasteiger partial charge in [-0.1, -0.05) is 48.5 Å². The Bertz CT molecular complexity index is 1010. The van der Waals surface area contributed by atoms with Gasteiger partial charge >= 0.3 is 0 Å². The van der Waals surface area contributed by atoms with Crippen LogP contribution >= 0.6 is 0 Å². The normalized spacial score (nSPS) is 10.8. The summed E-state index contributed by atoms with van der Waals surface area (Å²) in [6.45, 7) is 0.463. The van der Waals surface area contributed by atoms with Crippen LogP contribution < -0.4 is 5.32 Å². The number of benzene rings is 2. The molecule has 2 heterocycles. The molecule has 0 radical (unpaired) electrons. The second kappa shape index (κ2) is 7.87. The summed E-state index contributed by atoms with van der Waals surface area (Å²) in [6, 6.07) is 21.5. The molecule has 1 N–H and O–H groups in total. The van der Waals surface area contributed by atoms with Gasteiger partial charge in [0, 0.05) is 25.6 Å². The van der Waals surface area contributed by atoms with E-state index in [9.17, 15) is 4.79 Å². The smallest absolute Gasteiger partial charge is 0.271 e. The molecule has 2 aromatic heterocycles. The highest BCUT2D eigenvalue weighted by molar-refractivity contribution is 5.93. The van der Waals surface area contributed by atoms with Crippen LogP contribution in [0.4, 0.5) is 0 Å². The molecule has 0 aliphatic carbocycles. The van der Waals surface area contributed by atoms with E-state index in [2.05, 4.69) is 20.6 Å². The first-order valence-corrected chi connectivity index (χ1v) is 9.04. The fourth-order valence-corrected chi connectivity index (χ4v) is 2.98. The topological polar surface area (TPSA) is 77.6 Å². The van der Waals surface area contributed by atoms with Gasteiger partial charge in [0.1, 0.15) is 12.2 Å². The molecule has 0 aliphatic heterocycles. The summed E-state index contributed by atoms with van der Waals surface area (Å²) in [4.78, 5) is 12.7. The highest BCUT2D eigenvalue weighted by Crippen LogP contribution is 2.23. The molecule has 0 saturated carbocycles. The quantitative estimate of drug-likeness (QED) is 0.564. The summed E-state index contributed by atoms with van der Waals surface area (Å²) >= 11 is 0. The second-order valence-corrected chi connectivity index (χ2v) is 6.39. The van der Waals surface area contributed by atoms with Crippen LogP contribution in [0.15, 0.2) is 73.1 Å². The van der Waals surface area contributed by atoms with Crippen molar-refractivity contribution in [3.05, 3.63) is 84.6 Å². The van der Waals surface area contributed by atoms with E-state index < -0.39 is 0 Å². The van der Waals surface area contributed by atoms with Crippen molar-refractivity contribution < 1.29 is 4.79 Å². The van der Waals surface area contributed by atoms with Crippen molar-refractivity contribution in [3.63, 3.8) is 0 Å². The van der Waals surface area contributed by atoms with Crippen LogP contribution in [-0.2, 0) is 13.5 Å². The maximum atomic E-state index is 12.7. The predicted octanol–water partition coefficient (Wildman–Crippen LogP) is 2.64. The van der Waals surface area contributed by atoms with Crippen LogP contribution in [0.1, 0.15) is 16.3 Å². The summed E-state index contributed by atoms with van der Waals surface area (Å²) < 4.78 is 3.64. The Morgan fingerprint density at radius 1 is 1.04 bits per heavy atom. The number of rotatable bonds is 6.